The molecule has 0 aromatic rings. The number of carbonyl (C=O) groups excluding carboxylic acids is 1. The van der Waals surface area contributed by atoms with Gasteiger partial charge in [-0.05, 0) is 20.8 Å². The molecule has 0 aromatic heterocycles. The largest absolute Gasteiger partial charge is 0.466 e. The average molecular weight is 261 g/mol. The molecule has 0 fully saturated rings. The van der Waals surface area contributed by atoms with Crippen molar-refractivity contribution in [3.05, 3.63) is 0 Å². The maximum Gasteiger partial charge on any atom is 0.307 e. The number of hydrogen-bond acceptors (Lipinski definition) is 5. The van der Waals surface area contributed by atoms with Gasteiger partial charge in [-0.3, -0.25) is 9.69 Å². The van der Waals surface area contributed by atoms with Crippen molar-refractivity contribution in [1.82, 2.24) is 4.90 Å². The van der Waals surface area contributed by atoms with E-state index in [1.54, 1.807) is 14.2 Å². The Bertz CT molecular complexity index is 223. The van der Waals surface area contributed by atoms with Crippen molar-refractivity contribution in [2.75, 3.05) is 40.6 Å². The zero-order chi connectivity index (χ0) is 14.0. The van der Waals surface area contributed by atoms with Crippen LogP contribution in [0.25, 0.3) is 0 Å². The number of rotatable bonds is 10. The van der Waals surface area contributed by atoms with Crippen LogP contribution >= 0.6 is 0 Å². The molecular formula is C13H27NO4. The molecule has 0 amide bonds. The first-order valence-electron chi connectivity index (χ1n) is 6.46. The van der Waals surface area contributed by atoms with E-state index in [2.05, 4.69) is 11.8 Å². The van der Waals surface area contributed by atoms with Gasteiger partial charge in [-0.2, -0.15) is 0 Å². The van der Waals surface area contributed by atoms with Crippen molar-refractivity contribution in [3.63, 3.8) is 0 Å². The normalized spacial score (nSPS) is 14.6. The summed E-state index contributed by atoms with van der Waals surface area (Å²) in [6.07, 6.45) is 0.394. The standard InChI is InChI=1S/C13H27NO4/c1-6-18-13(15)9-11(2)14(7-8-16-4)12(3)10-17-5/h11-12H,6-10H2,1-5H3. The highest BCUT2D eigenvalue weighted by Gasteiger charge is 2.22. The maximum atomic E-state index is 11.5. The molecule has 0 heterocycles. The molecule has 0 aromatic carbocycles. The zero-order valence-electron chi connectivity index (χ0n) is 12.3. The molecule has 0 aliphatic carbocycles. The number of hydrogen-bond donors (Lipinski definition) is 0. The quantitative estimate of drug-likeness (QED) is 0.555. The molecule has 0 N–H and O–H groups in total. The zero-order valence-corrected chi connectivity index (χ0v) is 12.3. The van der Waals surface area contributed by atoms with E-state index in [0.29, 0.717) is 26.2 Å². The van der Waals surface area contributed by atoms with Crippen molar-refractivity contribution in [3.8, 4) is 0 Å². The number of ether oxygens (including phenoxy) is 3. The Morgan fingerprint density at radius 1 is 1.17 bits per heavy atom. The van der Waals surface area contributed by atoms with Gasteiger partial charge < -0.3 is 14.2 Å². The van der Waals surface area contributed by atoms with E-state index in [-0.39, 0.29) is 18.1 Å². The Morgan fingerprint density at radius 2 is 1.83 bits per heavy atom. The highest BCUT2D eigenvalue weighted by molar-refractivity contribution is 5.70. The monoisotopic (exact) mass is 261 g/mol. The topological polar surface area (TPSA) is 48.0 Å². The summed E-state index contributed by atoms with van der Waals surface area (Å²) < 4.78 is 15.3. The van der Waals surface area contributed by atoms with Crippen molar-refractivity contribution in [2.45, 2.75) is 39.3 Å². The molecule has 0 bridgehead atoms. The van der Waals surface area contributed by atoms with Crippen molar-refractivity contribution < 1.29 is 19.0 Å². The summed E-state index contributed by atoms with van der Waals surface area (Å²) in [6, 6.07) is 0.360. The lowest BCUT2D eigenvalue weighted by Crippen LogP contribution is -2.45. The van der Waals surface area contributed by atoms with E-state index in [4.69, 9.17) is 14.2 Å². The van der Waals surface area contributed by atoms with Crippen LogP contribution in [0.4, 0.5) is 0 Å². The number of carbonyl (C=O) groups is 1. The van der Waals surface area contributed by atoms with E-state index in [0.717, 1.165) is 6.54 Å². The summed E-state index contributed by atoms with van der Waals surface area (Å²) in [4.78, 5) is 13.7. The Morgan fingerprint density at radius 3 is 2.33 bits per heavy atom. The molecule has 0 rings (SSSR count). The Labute approximate surface area is 110 Å². The van der Waals surface area contributed by atoms with Gasteiger partial charge in [0.2, 0.25) is 0 Å². The van der Waals surface area contributed by atoms with Crippen LogP contribution in [-0.4, -0.2) is 63.5 Å². The third-order valence-corrected chi connectivity index (χ3v) is 2.86. The summed E-state index contributed by atoms with van der Waals surface area (Å²) in [5, 5.41) is 0. The van der Waals surface area contributed by atoms with E-state index >= 15 is 0 Å². The molecule has 18 heavy (non-hydrogen) atoms. The molecule has 0 spiro atoms. The average Bonchev–Trinajstić information content (AvgIpc) is 2.30. The SMILES string of the molecule is CCOC(=O)CC(C)N(CCOC)C(C)COC. The van der Waals surface area contributed by atoms with Crippen LogP contribution in [0.1, 0.15) is 27.2 Å². The van der Waals surface area contributed by atoms with Crippen LogP contribution in [0.2, 0.25) is 0 Å². The smallest absolute Gasteiger partial charge is 0.307 e. The van der Waals surface area contributed by atoms with Gasteiger partial charge in [-0.25, -0.2) is 0 Å². The molecule has 0 aliphatic rings. The van der Waals surface area contributed by atoms with Gasteiger partial charge in [0.15, 0.2) is 0 Å². The molecule has 5 nitrogen and oxygen atoms in total. The lowest BCUT2D eigenvalue weighted by Gasteiger charge is -2.33. The van der Waals surface area contributed by atoms with Crippen molar-refractivity contribution in [2.24, 2.45) is 0 Å². The van der Waals surface area contributed by atoms with Gasteiger partial charge in [-0.15, -0.1) is 0 Å². The third-order valence-electron chi connectivity index (χ3n) is 2.86. The fraction of sp³-hybridized carbons (Fsp3) is 0.923. The lowest BCUT2D eigenvalue weighted by molar-refractivity contribution is -0.144. The van der Waals surface area contributed by atoms with Crippen molar-refractivity contribution >= 4 is 5.97 Å². The van der Waals surface area contributed by atoms with Gasteiger partial charge in [0.05, 0.1) is 26.2 Å². The first kappa shape index (κ1) is 17.4. The van der Waals surface area contributed by atoms with E-state index < -0.39 is 0 Å². The number of esters is 1. The first-order valence-corrected chi connectivity index (χ1v) is 6.46. The molecule has 2 atom stereocenters. The molecule has 108 valence electrons. The second kappa shape index (κ2) is 10.3. The Hall–Kier alpha value is -0.650. The van der Waals surface area contributed by atoms with Gasteiger partial charge in [0.1, 0.15) is 0 Å². The van der Waals surface area contributed by atoms with Crippen molar-refractivity contribution in [1.29, 1.82) is 0 Å². The summed E-state index contributed by atoms with van der Waals surface area (Å²) in [6.45, 7) is 8.41. The fourth-order valence-corrected chi connectivity index (χ4v) is 1.99. The highest BCUT2D eigenvalue weighted by atomic mass is 16.5. The minimum atomic E-state index is -0.156. The first-order chi connectivity index (χ1) is 8.56. The minimum absolute atomic E-state index is 0.115. The number of methoxy groups -OCH3 is 2. The van der Waals surface area contributed by atoms with Crippen LogP contribution in [0.3, 0.4) is 0 Å². The van der Waals surface area contributed by atoms with Gasteiger partial charge >= 0.3 is 5.97 Å². The van der Waals surface area contributed by atoms with Crippen LogP contribution in [0, 0.1) is 0 Å². The molecule has 5 heteroatoms. The van der Waals surface area contributed by atoms with Crippen LogP contribution < -0.4 is 0 Å². The van der Waals surface area contributed by atoms with Crippen LogP contribution in [0.15, 0.2) is 0 Å². The van der Waals surface area contributed by atoms with Gasteiger partial charge in [0, 0.05) is 32.8 Å². The van der Waals surface area contributed by atoms with E-state index in [1.807, 2.05) is 13.8 Å². The van der Waals surface area contributed by atoms with E-state index in [9.17, 15) is 4.79 Å². The molecular weight excluding hydrogens is 234 g/mol. The van der Waals surface area contributed by atoms with Crippen LogP contribution in [-0.2, 0) is 19.0 Å². The van der Waals surface area contributed by atoms with Crippen LogP contribution in [0.5, 0.6) is 0 Å². The highest BCUT2D eigenvalue weighted by Crippen LogP contribution is 2.10. The molecule has 0 aliphatic heterocycles. The number of nitrogens with zero attached hydrogens (tertiary/aromatic N) is 1. The predicted molar refractivity (Wildman–Crippen MR) is 70.6 cm³/mol. The van der Waals surface area contributed by atoms with Gasteiger partial charge in [0.25, 0.3) is 0 Å². The lowest BCUT2D eigenvalue weighted by atomic mass is 10.1. The fourth-order valence-electron chi connectivity index (χ4n) is 1.99. The Kier molecular flexibility index (Phi) is 9.92. The summed E-state index contributed by atoms with van der Waals surface area (Å²) in [5.74, 6) is -0.156. The summed E-state index contributed by atoms with van der Waals surface area (Å²) >= 11 is 0. The third kappa shape index (κ3) is 6.93. The van der Waals surface area contributed by atoms with E-state index in [1.165, 1.54) is 0 Å². The molecule has 2 unspecified atom stereocenters. The minimum Gasteiger partial charge on any atom is -0.466 e. The van der Waals surface area contributed by atoms with Gasteiger partial charge in [-0.1, -0.05) is 0 Å². The molecule has 0 radical (unpaired) electrons. The Balaban J connectivity index is 4.37. The second-order valence-electron chi connectivity index (χ2n) is 4.39. The maximum absolute atomic E-state index is 11.5. The molecule has 0 saturated carbocycles. The summed E-state index contributed by atoms with van der Waals surface area (Å²) in [7, 11) is 3.36. The molecule has 0 saturated heterocycles. The summed E-state index contributed by atoms with van der Waals surface area (Å²) in [5.41, 5.74) is 0. The predicted octanol–water partition coefficient (Wildman–Crippen LogP) is 1.31. The second-order valence-corrected chi connectivity index (χ2v) is 4.39.